The van der Waals surface area contributed by atoms with Crippen molar-refractivity contribution in [1.29, 1.82) is 0 Å². The van der Waals surface area contributed by atoms with Crippen molar-refractivity contribution in [3.63, 3.8) is 0 Å². The molecule has 0 bridgehead atoms. The molecule has 1 aliphatic heterocycles. The van der Waals surface area contributed by atoms with Gasteiger partial charge in [0.1, 0.15) is 10.6 Å². The Bertz CT molecular complexity index is 1430. The minimum Gasteiger partial charge on any atom is -0.495 e. The maximum absolute atomic E-state index is 13.9. The molecule has 0 unspecified atom stereocenters. The van der Waals surface area contributed by atoms with Crippen molar-refractivity contribution in [1.82, 2.24) is 4.72 Å². The summed E-state index contributed by atoms with van der Waals surface area (Å²) in [5.74, 6) is 0.765. The lowest BCUT2D eigenvalue weighted by Gasteiger charge is -2.38. The summed E-state index contributed by atoms with van der Waals surface area (Å²) in [6.07, 6.45) is 5.03. The normalized spacial score (nSPS) is 17.2. The molecule has 3 aromatic rings. The topological polar surface area (TPSA) is 91.0 Å². The first-order valence-electron chi connectivity index (χ1n) is 14.5. The number of benzene rings is 3. The summed E-state index contributed by atoms with van der Waals surface area (Å²) in [5, 5.41) is 3.01. The Kier molecular flexibility index (Phi) is 9.15. The second-order valence-corrected chi connectivity index (χ2v) is 12.6. The van der Waals surface area contributed by atoms with E-state index in [0.29, 0.717) is 37.6 Å². The number of sulfonamides is 1. The van der Waals surface area contributed by atoms with Gasteiger partial charge in [0.25, 0.3) is 0 Å². The fraction of sp³-hybridized carbons (Fsp3) is 0.406. The van der Waals surface area contributed by atoms with Crippen LogP contribution in [-0.4, -0.2) is 47.6 Å². The van der Waals surface area contributed by atoms with E-state index in [1.165, 1.54) is 0 Å². The lowest BCUT2D eigenvalue weighted by molar-refractivity contribution is -0.120. The highest BCUT2D eigenvalue weighted by atomic mass is 32.2. The average Bonchev–Trinajstić information content (AvgIpc) is 3.01. The zero-order chi connectivity index (χ0) is 28.8. The second kappa shape index (κ2) is 13.0. The van der Waals surface area contributed by atoms with Gasteiger partial charge in [0, 0.05) is 43.8 Å². The molecular formula is C32H40N4O4S. The molecule has 2 fully saturated rings. The van der Waals surface area contributed by atoms with Gasteiger partial charge < -0.3 is 19.9 Å². The van der Waals surface area contributed by atoms with E-state index in [1.54, 1.807) is 13.2 Å². The fourth-order valence-electron chi connectivity index (χ4n) is 5.86. The van der Waals surface area contributed by atoms with E-state index in [2.05, 4.69) is 19.8 Å². The van der Waals surface area contributed by atoms with Crippen LogP contribution in [0, 0.1) is 5.92 Å². The molecule has 1 saturated carbocycles. The molecule has 2 N–H and O–H groups in total. The third kappa shape index (κ3) is 6.85. The van der Waals surface area contributed by atoms with Crippen LogP contribution in [0.3, 0.4) is 0 Å². The predicted octanol–water partition coefficient (Wildman–Crippen LogP) is 5.58. The molecule has 1 aliphatic carbocycles. The van der Waals surface area contributed by atoms with E-state index in [0.717, 1.165) is 49.1 Å². The molecule has 41 heavy (non-hydrogen) atoms. The third-order valence-electron chi connectivity index (χ3n) is 8.17. The lowest BCUT2D eigenvalue weighted by Crippen LogP contribution is -2.47. The molecule has 8 nitrogen and oxygen atoms in total. The number of anilines is 3. The summed E-state index contributed by atoms with van der Waals surface area (Å²) < 4.78 is 36.2. The van der Waals surface area contributed by atoms with E-state index in [9.17, 15) is 13.2 Å². The molecule has 1 heterocycles. The number of nitrogens with zero attached hydrogens (tertiary/aromatic N) is 2. The monoisotopic (exact) mass is 576 g/mol. The smallest absolute Gasteiger partial charge is 0.243 e. The number of piperazine rings is 1. The number of amides is 1. The van der Waals surface area contributed by atoms with Gasteiger partial charge in [0.05, 0.1) is 18.5 Å². The van der Waals surface area contributed by atoms with E-state index >= 15 is 0 Å². The van der Waals surface area contributed by atoms with Gasteiger partial charge in [-0.1, -0.05) is 61.7 Å². The Morgan fingerprint density at radius 1 is 0.854 bits per heavy atom. The van der Waals surface area contributed by atoms with Crippen LogP contribution in [0.25, 0.3) is 0 Å². The molecule has 0 aromatic heterocycles. The molecule has 0 spiro atoms. The largest absolute Gasteiger partial charge is 0.495 e. The van der Waals surface area contributed by atoms with Crippen LogP contribution in [0.4, 0.5) is 17.1 Å². The number of carbonyl (C=O) groups excluding carboxylic acids is 1. The molecule has 9 heteroatoms. The van der Waals surface area contributed by atoms with E-state index in [4.69, 9.17) is 4.74 Å². The van der Waals surface area contributed by atoms with Gasteiger partial charge in [-0.2, -0.15) is 0 Å². The van der Waals surface area contributed by atoms with Crippen LogP contribution >= 0.6 is 0 Å². The zero-order valence-corrected chi connectivity index (χ0v) is 24.7. The summed E-state index contributed by atoms with van der Waals surface area (Å²) in [6, 6.07) is 22.3. The highest BCUT2D eigenvalue weighted by Crippen LogP contribution is 2.34. The Labute approximate surface area is 243 Å². The Morgan fingerprint density at radius 3 is 2.17 bits per heavy atom. The minimum atomic E-state index is -3.92. The molecule has 3 aromatic carbocycles. The van der Waals surface area contributed by atoms with Crippen molar-refractivity contribution in [2.45, 2.75) is 50.0 Å². The second-order valence-electron chi connectivity index (χ2n) is 10.9. The van der Waals surface area contributed by atoms with Gasteiger partial charge in [0.2, 0.25) is 15.9 Å². The highest BCUT2D eigenvalue weighted by Gasteiger charge is 2.28. The number of ether oxygens (including phenoxy) is 1. The molecule has 218 valence electrons. The number of hydrogen-bond donors (Lipinski definition) is 2. The molecule has 1 saturated heterocycles. The first-order valence-corrected chi connectivity index (χ1v) is 16.0. The van der Waals surface area contributed by atoms with Crippen molar-refractivity contribution in [2.24, 2.45) is 5.92 Å². The number of para-hydroxylation sites is 2. The molecule has 0 radical (unpaired) electrons. The Morgan fingerprint density at radius 2 is 1.49 bits per heavy atom. The maximum atomic E-state index is 13.9. The predicted molar refractivity (Wildman–Crippen MR) is 164 cm³/mol. The number of methoxy groups -OCH3 is 1. The Hall–Kier alpha value is -3.56. The standard InChI is InChI=1S/C32H40N4O4S/c1-24(25-11-5-3-6-12-25)34-41(38,39)31-23-27(33-32(37)26-13-7-4-8-14-26)17-18-29(31)36-21-19-35(20-22-36)28-15-9-10-16-30(28)40-2/h3,5-6,9-12,15-18,23-24,26,34H,4,7-8,13-14,19-22H2,1-2H3,(H,33,37)/t24-/m0/s1. The van der Waals surface area contributed by atoms with Crippen molar-refractivity contribution in [3.05, 3.63) is 78.4 Å². The molecule has 5 rings (SSSR count). The number of rotatable bonds is 9. The highest BCUT2D eigenvalue weighted by molar-refractivity contribution is 7.89. The van der Waals surface area contributed by atoms with Crippen LogP contribution in [0.15, 0.2) is 77.7 Å². The van der Waals surface area contributed by atoms with Gasteiger partial charge in [-0.25, -0.2) is 13.1 Å². The first-order chi connectivity index (χ1) is 19.9. The van der Waals surface area contributed by atoms with Crippen LogP contribution in [0.5, 0.6) is 5.75 Å². The van der Waals surface area contributed by atoms with Gasteiger partial charge in [-0.05, 0) is 55.7 Å². The molecule has 2 aliphatic rings. The first kappa shape index (κ1) is 29.0. The lowest BCUT2D eigenvalue weighted by atomic mass is 9.88. The number of nitrogens with one attached hydrogen (secondary N) is 2. The van der Waals surface area contributed by atoms with Crippen molar-refractivity contribution >= 4 is 33.0 Å². The summed E-state index contributed by atoms with van der Waals surface area (Å²) in [5.41, 5.74) is 3.05. The fourth-order valence-corrected chi connectivity index (χ4v) is 7.35. The van der Waals surface area contributed by atoms with Gasteiger partial charge in [0.15, 0.2) is 0 Å². The third-order valence-corrected chi connectivity index (χ3v) is 9.74. The summed E-state index contributed by atoms with van der Waals surface area (Å²) in [6.45, 7) is 4.56. The molecular weight excluding hydrogens is 536 g/mol. The number of carbonyl (C=O) groups is 1. The molecule has 1 atom stereocenters. The van der Waals surface area contributed by atoms with Crippen LogP contribution in [0.2, 0.25) is 0 Å². The Balaban J connectivity index is 1.40. The molecule has 1 amide bonds. The van der Waals surface area contributed by atoms with E-state index < -0.39 is 16.1 Å². The van der Waals surface area contributed by atoms with Crippen LogP contribution < -0.4 is 24.6 Å². The zero-order valence-electron chi connectivity index (χ0n) is 23.9. The van der Waals surface area contributed by atoms with Gasteiger partial charge in [-0.15, -0.1) is 0 Å². The summed E-state index contributed by atoms with van der Waals surface area (Å²) in [4.78, 5) is 17.5. The maximum Gasteiger partial charge on any atom is 0.243 e. The van der Waals surface area contributed by atoms with Crippen LogP contribution in [0.1, 0.15) is 50.6 Å². The van der Waals surface area contributed by atoms with Gasteiger partial charge >= 0.3 is 0 Å². The summed E-state index contributed by atoms with van der Waals surface area (Å²) >= 11 is 0. The number of hydrogen-bond acceptors (Lipinski definition) is 6. The van der Waals surface area contributed by atoms with Crippen molar-refractivity contribution in [3.8, 4) is 5.75 Å². The van der Waals surface area contributed by atoms with Gasteiger partial charge in [-0.3, -0.25) is 4.79 Å². The minimum absolute atomic E-state index is 0.0252. The average molecular weight is 577 g/mol. The SMILES string of the molecule is COc1ccccc1N1CCN(c2ccc(NC(=O)C3CCCCC3)cc2S(=O)(=O)N[C@@H](C)c2ccccc2)CC1. The van der Waals surface area contributed by atoms with E-state index in [1.807, 2.05) is 73.7 Å². The quantitative estimate of drug-likeness (QED) is 0.346. The van der Waals surface area contributed by atoms with Crippen molar-refractivity contribution in [2.75, 3.05) is 48.4 Å². The summed E-state index contributed by atoms with van der Waals surface area (Å²) in [7, 11) is -2.25. The van der Waals surface area contributed by atoms with E-state index in [-0.39, 0.29) is 16.7 Å². The van der Waals surface area contributed by atoms with Crippen molar-refractivity contribution < 1.29 is 17.9 Å². The van der Waals surface area contributed by atoms with Crippen LogP contribution in [-0.2, 0) is 14.8 Å².